The molecule has 0 radical (unpaired) electrons. The summed E-state index contributed by atoms with van der Waals surface area (Å²) in [6.07, 6.45) is 1.98. The predicted octanol–water partition coefficient (Wildman–Crippen LogP) is 6.85. The lowest BCUT2D eigenvalue weighted by atomic mass is 10.2. The van der Waals surface area contributed by atoms with Crippen LogP contribution in [0.2, 0.25) is 5.02 Å². The second kappa shape index (κ2) is 18.5. The lowest BCUT2D eigenvalue weighted by Gasteiger charge is -2.18. The zero-order chi connectivity index (χ0) is 35.3. The van der Waals surface area contributed by atoms with Gasteiger partial charge in [-0.05, 0) is 57.5 Å². The molecule has 0 saturated heterocycles. The fraction of sp³-hybridized carbons (Fsp3) is 0.267. The fourth-order valence-corrected chi connectivity index (χ4v) is 7.49. The van der Waals surface area contributed by atoms with Crippen LogP contribution in [0.5, 0.6) is 0 Å². The number of halogens is 1. The van der Waals surface area contributed by atoms with Gasteiger partial charge in [0.05, 0.1) is 16.8 Å². The molecule has 3 heterocycles. The van der Waals surface area contributed by atoms with Crippen molar-refractivity contribution in [2.24, 2.45) is 0 Å². The Kier molecular flexibility index (Phi) is 15.5. The van der Waals surface area contributed by atoms with Crippen LogP contribution >= 0.6 is 34.7 Å². The van der Waals surface area contributed by atoms with Gasteiger partial charge in [-0.2, -0.15) is 27.9 Å². The van der Waals surface area contributed by atoms with E-state index in [2.05, 4.69) is 78.2 Å². The molecule has 0 atom stereocenters. The molecule has 5 N–H and O–H groups in total. The third kappa shape index (κ3) is 10.4. The number of fused-ring (bicyclic) bond motifs is 2. The van der Waals surface area contributed by atoms with Crippen LogP contribution in [0, 0.1) is 6.92 Å². The minimum atomic E-state index is -4.21. The van der Waals surface area contributed by atoms with E-state index in [-0.39, 0.29) is 11.9 Å². The molecular formula is C30H40ClN8O5S3+. The van der Waals surface area contributed by atoms with Crippen molar-refractivity contribution < 1.29 is 28.0 Å². The highest BCUT2D eigenvalue weighted by Gasteiger charge is 2.29. The van der Waals surface area contributed by atoms with Crippen LogP contribution in [-0.2, 0) is 16.0 Å². The Bertz CT molecular complexity index is 1760. The molecule has 0 bridgehead atoms. The Labute approximate surface area is 288 Å². The molecule has 13 nitrogen and oxygen atoms in total. The first-order valence-electron chi connectivity index (χ1n) is 14.2. The molecule has 0 spiro atoms. The van der Waals surface area contributed by atoms with E-state index in [1.165, 1.54) is 21.8 Å². The zero-order valence-electron chi connectivity index (χ0n) is 26.6. The van der Waals surface area contributed by atoms with E-state index in [1.807, 2.05) is 30.9 Å². The van der Waals surface area contributed by atoms with Crippen molar-refractivity contribution in [2.45, 2.75) is 38.5 Å². The Hall–Kier alpha value is -3.77. The van der Waals surface area contributed by atoms with E-state index in [9.17, 15) is 13.0 Å². The average Bonchev–Trinajstić information content (AvgIpc) is 3.58. The van der Waals surface area contributed by atoms with E-state index in [1.54, 1.807) is 39.4 Å². The van der Waals surface area contributed by atoms with E-state index in [4.69, 9.17) is 22.0 Å². The normalized spacial score (nSPS) is 12.6. The number of rotatable bonds is 9. The van der Waals surface area contributed by atoms with Crippen molar-refractivity contribution in [3.63, 3.8) is 0 Å². The monoisotopic (exact) mass is 723 g/mol. The van der Waals surface area contributed by atoms with Crippen molar-refractivity contribution >= 4 is 84.6 Å². The number of hydrogen-bond acceptors (Lipinski definition) is 13. The summed E-state index contributed by atoms with van der Waals surface area (Å²) in [5, 5.41) is 19.6. The highest BCUT2D eigenvalue weighted by molar-refractivity contribution is 8.03. The number of nitrogens with zero attached hydrogens (tertiary/aromatic N) is 6. The maximum Gasteiger partial charge on any atom is 0.326 e. The second-order valence-corrected chi connectivity index (χ2v) is 13.2. The van der Waals surface area contributed by atoms with Crippen molar-refractivity contribution in [2.75, 3.05) is 40.4 Å². The predicted molar refractivity (Wildman–Crippen MR) is 193 cm³/mol. The van der Waals surface area contributed by atoms with Crippen LogP contribution in [0.25, 0.3) is 16.3 Å². The maximum absolute atomic E-state index is 11.6. The standard InChI is InChI=1S/C19H17ClN2O3S3.C7H14N6O2.2C2H4/c1-3-21-14-8-12(2)4-6-16(14)26-18(21)10-19-22(11-28(23,24)25)15-9-13(20)5-7-17(15)27-19;1-3-13(4-2)7-9-5(11-14)8-6(10-7)12-15;2*1-2/h4-10H,3,11H2,1-2H3;14-15H,3-4H2,1-2H3,(H2,8,9,10,11,12);2*1-2H2/p+1. The van der Waals surface area contributed by atoms with Crippen molar-refractivity contribution in [1.29, 1.82) is 0 Å². The second-order valence-electron chi connectivity index (χ2n) is 9.17. The first-order chi connectivity index (χ1) is 22.5. The molecule has 2 aromatic carbocycles. The smallest absolute Gasteiger partial charge is 0.326 e. The molecule has 4 aromatic rings. The minimum Gasteiger partial charge on any atom is -0.341 e. The molecule has 47 heavy (non-hydrogen) atoms. The van der Waals surface area contributed by atoms with E-state index in [0.29, 0.717) is 16.5 Å². The van der Waals surface area contributed by atoms with Crippen LogP contribution in [-0.4, -0.2) is 58.0 Å². The zero-order valence-corrected chi connectivity index (χ0v) is 29.8. The quantitative estimate of drug-likeness (QED) is 0.0527. The Morgan fingerprint density at radius 3 is 2.15 bits per heavy atom. The van der Waals surface area contributed by atoms with Crippen LogP contribution in [0.15, 0.2) is 72.6 Å². The van der Waals surface area contributed by atoms with Gasteiger partial charge in [0.15, 0.2) is 0 Å². The van der Waals surface area contributed by atoms with E-state index < -0.39 is 16.0 Å². The van der Waals surface area contributed by atoms with Gasteiger partial charge in [-0.15, -0.1) is 26.3 Å². The summed E-state index contributed by atoms with van der Waals surface area (Å²) in [4.78, 5) is 16.7. The van der Waals surface area contributed by atoms with Gasteiger partial charge in [-0.25, -0.2) is 11.0 Å². The topological polar surface area (TPSA) is 168 Å². The van der Waals surface area contributed by atoms with Crippen LogP contribution < -0.4 is 25.3 Å². The van der Waals surface area contributed by atoms with Crippen LogP contribution in [0.3, 0.4) is 0 Å². The van der Waals surface area contributed by atoms with Gasteiger partial charge in [0.2, 0.25) is 11.5 Å². The SMILES string of the molecule is C=C.C=C.CCN(CC)c1nc(NO)nc(NO)n1.CCN1C(=Cc2sc3ccc(Cl)cc3[n+]2CS(=O)(=O)O)Sc2ccc(C)cc21. The number of thioether (sulfide) groups is 1. The average molecular weight is 724 g/mol. The Morgan fingerprint density at radius 2 is 1.62 bits per heavy atom. The molecule has 2 aromatic heterocycles. The van der Waals surface area contributed by atoms with Crippen molar-refractivity contribution in [3.8, 4) is 0 Å². The molecule has 0 saturated carbocycles. The summed E-state index contributed by atoms with van der Waals surface area (Å²) in [6, 6.07) is 11.7. The number of aromatic nitrogens is 4. The van der Waals surface area contributed by atoms with Gasteiger partial charge in [0.25, 0.3) is 22.8 Å². The molecule has 254 valence electrons. The van der Waals surface area contributed by atoms with Crippen molar-refractivity contribution in [1.82, 2.24) is 15.0 Å². The van der Waals surface area contributed by atoms with Crippen LogP contribution in [0.4, 0.5) is 23.5 Å². The Morgan fingerprint density at radius 1 is 1.00 bits per heavy atom. The van der Waals surface area contributed by atoms with Crippen molar-refractivity contribution in [3.05, 3.63) is 83.3 Å². The number of nitrogens with one attached hydrogen (secondary N) is 2. The summed E-state index contributed by atoms with van der Waals surface area (Å²) in [5.74, 6) is -0.190. The molecular weight excluding hydrogens is 684 g/mol. The molecule has 0 fully saturated rings. The number of hydrogen-bond donors (Lipinski definition) is 5. The molecule has 0 amide bonds. The van der Waals surface area contributed by atoms with E-state index in [0.717, 1.165) is 40.1 Å². The Balaban J connectivity index is 0.000000343. The molecule has 17 heteroatoms. The summed E-state index contributed by atoms with van der Waals surface area (Å²) < 4.78 is 35.2. The molecule has 0 aliphatic carbocycles. The summed E-state index contributed by atoms with van der Waals surface area (Å²) in [7, 11) is -4.21. The number of benzene rings is 2. The van der Waals surface area contributed by atoms with Gasteiger partial charge in [0, 0.05) is 35.6 Å². The highest BCUT2D eigenvalue weighted by atomic mass is 35.5. The molecule has 0 unspecified atom stereocenters. The first kappa shape index (κ1) is 39.4. The third-order valence-electron chi connectivity index (χ3n) is 6.30. The highest BCUT2D eigenvalue weighted by Crippen LogP contribution is 2.47. The van der Waals surface area contributed by atoms with Gasteiger partial charge in [-0.3, -0.25) is 15.0 Å². The molecule has 1 aliphatic heterocycles. The summed E-state index contributed by atoms with van der Waals surface area (Å²) in [5.41, 5.74) is 6.64. The summed E-state index contributed by atoms with van der Waals surface area (Å²) >= 11 is 9.24. The van der Waals surface area contributed by atoms with Gasteiger partial charge >= 0.3 is 10.1 Å². The van der Waals surface area contributed by atoms with E-state index >= 15 is 0 Å². The first-order valence-corrected chi connectivity index (χ1v) is 17.8. The maximum atomic E-state index is 11.6. The fourth-order valence-electron chi connectivity index (χ4n) is 4.34. The molecule has 1 aliphatic rings. The van der Waals surface area contributed by atoms with Gasteiger partial charge < -0.3 is 9.80 Å². The lowest BCUT2D eigenvalue weighted by molar-refractivity contribution is -0.649. The largest absolute Gasteiger partial charge is 0.341 e. The number of anilines is 4. The third-order valence-corrected chi connectivity index (χ3v) is 9.35. The molecule has 5 rings (SSSR count). The number of thiazole rings is 1. The lowest BCUT2D eigenvalue weighted by Crippen LogP contribution is -2.39. The number of aryl methyl sites for hydroxylation is 1. The minimum absolute atomic E-state index is 0.0246. The van der Waals surface area contributed by atoms with Crippen LogP contribution in [0.1, 0.15) is 31.3 Å². The summed E-state index contributed by atoms with van der Waals surface area (Å²) in [6.45, 7) is 22.3. The van der Waals surface area contributed by atoms with Gasteiger partial charge in [-0.1, -0.05) is 40.8 Å². The van der Waals surface area contributed by atoms with Gasteiger partial charge in [0.1, 0.15) is 4.70 Å².